The molecule has 166 valence electrons. The van der Waals surface area contributed by atoms with E-state index in [2.05, 4.69) is 25.9 Å². The number of halogens is 1. The van der Waals surface area contributed by atoms with Gasteiger partial charge in [-0.2, -0.15) is 4.99 Å². The second kappa shape index (κ2) is 8.31. The third-order valence-corrected chi connectivity index (χ3v) is 6.44. The molecule has 11 nitrogen and oxygen atoms in total. The highest BCUT2D eigenvalue weighted by Crippen LogP contribution is 2.22. The molecule has 0 fully saturated rings. The summed E-state index contributed by atoms with van der Waals surface area (Å²) in [7, 11) is 4.14. The molecule has 0 bridgehead atoms. The number of aryl methyl sites for hydroxylation is 1. The van der Waals surface area contributed by atoms with Crippen LogP contribution in [0.2, 0.25) is 0 Å². The molecule has 0 saturated heterocycles. The summed E-state index contributed by atoms with van der Waals surface area (Å²) in [6.45, 7) is -0.374. The summed E-state index contributed by atoms with van der Waals surface area (Å²) in [5.41, 5.74) is -0.0313. The van der Waals surface area contributed by atoms with Gasteiger partial charge in [0.25, 0.3) is 11.5 Å². The molecule has 1 aromatic carbocycles. The lowest BCUT2D eigenvalue weighted by Gasteiger charge is -2.05. The van der Waals surface area contributed by atoms with E-state index in [0.717, 1.165) is 19.3 Å². The number of thiazole rings is 1. The number of esters is 1. The van der Waals surface area contributed by atoms with E-state index in [1.165, 1.54) is 48.0 Å². The summed E-state index contributed by atoms with van der Waals surface area (Å²) in [5, 5.41) is 0. The fraction of sp³-hybridized carbons (Fsp3) is 0.263. The molecule has 0 atom stereocenters. The van der Waals surface area contributed by atoms with Gasteiger partial charge in [0.1, 0.15) is 13.1 Å². The number of carbonyl (C=O) groups excluding carboxylic acids is 2. The summed E-state index contributed by atoms with van der Waals surface area (Å²) < 4.78 is 11.6. The van der Waals surface area contributed by atoms with Gasteiger partial charge in [0, 0.05) is 18.6 Å². The maximum absolute atomic E-state index is 12.8. The van der Waals surface area contributed by atoms with Crippen molar-refractivity contribution >= 4 is 60.5 Å². The van der Waals surface area contributed by atoms with E-state index in [-0.39, 0.29) is 24.3 Å². The summed E-state index contributed by atoms with van der Waals surface area (Å²) >= 11 is 4.66. The van der Waals surface area contributed by atoms with Crippen LogP contribution in [-0.2, 0) is 41.5 Å². The molecule has 3 heterocycles. The van der Waals surface area contributed by atoms with Crippen LogP contribution in [-0.4, -0.2) is 42.2 Å². The number of hydrogen-bond acceptors (Lipinski definition) is 7. The number of carbonyl (C=O) groups is 2. The number of fused-ring (bicyclic) bond motifs is 2. The van der Waals surface area contributed by atoms with E-state index >= 15 is 0 Å². The molecule has 0 aliphatic heterocycles. The molecule has 0 saturated carbocycles. The lowest BCUT2D eigenvalue weighted by atomic mass is 10.3. The smallest absolute Gasteiger partial charge is 0.332 e. The van der Waals surface area contributed by atoms with E-state index in [0.29, 0.717) is 4.80 Å². The van der Waals surface area contributed by atoms with Crippen molar-refractivity contribution < 1.29 is 14.3 Å². The van der Waals surface area contributed by atoms with Crippen LogP contribution < -0.4 is 16.1 Å². The topological polar surface area (TPSA) is 122 Å². The van der Waals surface area contributed by atoms with Gasteiger partial charge in [0.15, 0.2) is 16.0 Å². The van der Waals surface area contributed by atoms with Crippen LogP contribution >= 0.6 is 27.3 Å². The Morgan fingerprint density at radius 1 is 1.19 bits per heavy atom. The number of hydrogen-bond donors (Lipinski definition) is 0. The van der Waals surface area contributed by atoms with Crippen LogP contribution in [0, 0.1) is 0 Å². The van der Waals surface area contributed by atoms with Gasteiger partial charge in [-0.15, -0.1) is 0 Å². The van der Waals surface area contributed by atoms with Crippen LogP contribution in [0.4, 0.5) is 0 Å². The molecule has 4 aromatic rings. The minimum absolute atomic E-state index is 0.110. The van der Waals surface area contributed by atoms with Gasteiger partial charge in [-0.1, -0.05) is 27.3 Å². The fourth-order valence-electron chi connectivity index (χ4n) is 3.28. The van der Waals surface area contributed by atoms with Crippen LogP contribution in [0.1, 0.15) is 0 Å². The fourth-order valence-corrected chi connectivity index (χ4v) is 4.88. The van der Waals surface area contributed by atoms with Gasteiger partial charge in [-0.3, -0.25) is 23.5 Å². The third-order valence-electron chi connectivity index (χ3n) is 4.90. The molecular formula is C19H17BrN6O5S. The number of amides is 1. The van der Waals surface area contributed by atoms with Crippen molar-refractivity contribution in [3.05, 3.63) is 54.6 Å². The number of benzene rings is 1. The van der Waals surface area contributed by atoms with Gasteiger partial charge in [-0.05, 0) is 18.2 Å². The molecule has 13 heteroatoms. The van der Waals surface area contributed by atoms with E-state index in [4.69, 9.17) is 4.74 Å². The Morgan fingerprint density at radius 2 is 1.94 bits per heavy atom. The first-order chi connectivity index (χ1) is 15.2. The molecule has 0 unspecified atom stereocenters. The van der Waals surface area contributed by atoms with E-state index in [1.54, 1.807) is 4.57 Å². The number of ether oxygens (including phenoxy) is 1. The Kier molecular flexibility index (Phi) is 5.69. The number of nitrogens with zero attached hydrogens (tertiary/aromatic N) is 6. The maximum Gasteiger partial charge on any atom is 0.332 e. The highest BCUT2D eigenvalue weighted by Gasteiger charge is 2.17. The van der Waals surface area contributed by atoms with Gasteiger partial charge in [0.2, 0.25) is 0 Å². The van der Waals surface area contributed by atoms with Gasteiger partial charge >= 0.3 is 11.7 Å². The van der Waals surface area contributed by atoms with Crippen molar-refractivity contribution in [1.29, 1.82) is 0 Å². The van der Waals surface area contributed by atoms with Crippen LogP contribution in [0.15, 0.2) is 43.6 Å². The molecule has 0 spiro atoms. The van der Waals surface area contributed by atoms with Crippen molar-refractivity contribution in [2.24, 2.45) is 19.1 Å². The summed E-state index contributed by atoms with van der Waals surface area (Å²) in [4.78, 5) is 58.0. The normalized spacial score (nSPS) is 12.1. The Morgan fingerprint density at radius 3 is 2.66 bits per heavy atom. The molecule has 0 aliphatic carbocycles. The largest absolute Gasteiger partial charge is 0.468 e. The lowest BCUT2D eigenvalue weighted by molar-refractivity contribution is -0.141. The van der Waals surface area contributed by atoms with Crippen molar-refractivity contribution in [3.8, 4) is 0 Å². The molecule has 0 N–H and O–H groups in total. The molecule has 32 heavy (non-hydrogen) atoms. The SMILES string of the molecule is COC(=O)Cn1c(=NC(=O)Cn2cnc3c2c(=O)n(C)c(=O)n3C)sc2cc(Br)ccc21. The minimum Gasteiger partial charge on any atom is -0.468 e. The number of imidazole rings is 1. The zero-order valence-electron chi connectivity index (χ0n) is 17.2. The molecule has 0 aliphatic rings. The first kappa shape index (κ1) is 21.9. The van der Waals surface area contributed by atoms with Crippen LogP contribution in [0.3, 0.4) is 0 Å². The molecule has 0 radical (unpaired) electrons. The van der Waals surface area contributed by atoms with Gasteiger partial charge in [-0.25, -0.2) is 9.78 Å². The van der Waals surface area contributed by atoms with E-state index in [9.17, 15) is 19.2 Å². The number of methoxy groups -OCH3 is 1. The van der Waals surface area contributed by atoms with Crippen molar-refractivity contribution in [1.82, 2.24) is 23.3 Å². The monoisotopic (exact) mass is 520 g/mol. The average Bonchev–Trinajstić information content (AvgIpc) is 3.31. The van der Waals surface area contributed by atoms with Gasteiger partial charge in [0.05, 0.1) is 23.7 Å². The van der Waals surface area contributed by atoms with Gasteiger partial charge < -0.3 is 13.9 Å². The minimum atomic E-state index is -0.555. The Hall–Kier alpha value is -3.32. The lowest BCUT2D eigenvalue weighted by Crippen LogP contribution is -2.37. The van der Waals surface area contributed by atoms with E-state index in [1.807, 2.05) is 18.2 Å². The van der Waals surface area contributed by atoms with Crippen LogP contribution in [0.5, 0.6) is 0 Å². The second-order valence-electron chi connectivity index (χ2n) is 6.91. The zero-order valence-corrected chi connectivity index (χ0v) is 19.6. The maximum atomic E-state index is 12.8. The number of aromatic nitrogens is 5. The quantitative estimate of drug-likeness (QED) is 0.361. The van der Waals surface area contributed by atoms with E-state index < -0.39 is 23.1 Å². The molecular weight excluding hydrogens is 504 g/mol. The van der Waals surface area contributed by atoms with Crippen molar-refractivity contribution in [2.45, 2.75) is 13.1 Å². The summed E-state index contributed by atoms with van der Waals surface area (Å²) in [6, 6.07) is 5.51. The first-order valence-electron chi connectivity index (χ1n) is 9.25. The Bertz CT molecular complexity index is 1590. The average molecular weight is 521 g/mol. The first-order valence-corrected chi connectivity index (χ1v) is 10.9. The van der Waals surface area contributed by atoms with Crippen molar-refractivity contribution in [3.63, 3.8) is 0 Å². The predicted octanol–water partition coefficient (Wildman–Crippen LogP) is 0.513. The van der Waals surface area contributed by atoms with Crippen LogP contribution in [0.25, 0.3) is 21.4 Å². The highest BCUT2D eigenvalue weighted by atomic mass is 79.9. The summed E-state index contributed by atoms with van der Waals surface area (Å²) in [6.07, 6.45) is 1.32. The standard InChI is InChI=1S/C19H17BrN6O5S/c1-23-16-15(17(29)24(2)19(23)30)25(9-21-16)7-13(27)22-18-26(8-14(28)31-3)11-5-4-10(20)6-12(11)32-18/h4-6,9H,7-8H2,1-3H3. The molecule has 1 amide bonds. The predicted molar refractivity (Wildman–Crippen MR) is 120 cm³/mol. The molecule has 4 rings (SSSR count). The second-order valence-corrected chi connectivity index (χ2v) is 8.84. The van der Waals surface area contributed by atoms with Crippen molar-refractivity contribution in [2.75, 3.05) is 7.11 Å². The highest BCUT2D eigenvalue weighted by molar-refractivity contribution is 9.10. The summed E-state index contributed by atoms with van der Waals surface area (Å²) in [5.74, 6) is -1.03. The zero-order chi connectivity index (χ0) is 23.2. The Labute approximate surface area is 191 Å². The third kappa shape index (κ3) is 3.73. The number of rotatable bonds is 4. The molecule has 3 aromatic heterocycles. The Balaban J connectivity index is 1.80.